The van der Waals surface area contributed by atoms with Gasteiger partial charge in [-0.15, -0.1) is 0 Å². The van der Waals surface area contributed by atoms with E-state index in [1.165, 1.54) is 18.4 Å². The fourth-order valence-corrected chi connectivity index (χ4v) is 3.27. The molecule has 2 rings (SSSR count). The van der Waals surface area contributed by atoms with Crippen LogP contribution >= 0.6 is 0 Å². The molecule has 4 heteroatoms. The first-order valence-electron chi connectivity index (χ1n) is 7.87. The Morgan fingerprint density at radius 2 is 1.90 bits per heavy atom. The predicted molar refractivity (Wildman–Crippen MR) is 86.3 cm³/mol. The van der Waals surface area contributed by atoms with E-state index in [2.05, 4.69) is 48.2 Å². The van der Waals surface area contributed by atoms with Crippen molar-refractivity contribution in [3.63, 3.8) is 0 Å². The van der Waals surface area contributed by atoms with Crippen molar-refractivity contribution in [3.8, 4) is 0 Å². The Morgan fingerprint density at radius 1 is 1.29 bits per heavy atom. The molecule has 1 atom stereocenters. The van der Waals surface area contributed by atoms with E-state index in [1.54, 1.807) is 0 Å². The highest BCUT2D eigenvalue weighted by Gasteiger charge is 2.27. The molecule has 0 radical (unpaired) electrons. The van der Waals surface area contributed by atoms with E-state index >= 15 is 0 Å². The van der Waals surface area contributed by atoms with Crippen molar-refractivity contribution in [3.05, 3.63) is 35.9 Å². The van der Waals surface area contributed by atoms with E-state index in [0.29, 0.717) is 12.3 Å². The maximum Gasteiger partial charge on any atom is 0.141 e. The first-order chi connectivity index (χ1) is 10.1. The standard InChI is InChI=1S/C17H27N3O/c1-13(2)14-8-10-20(11-9-14)16(12-17(18)19-21)15-6-4-3-5-7-15/h3-7,13-14,16,21H,8-12H2,1-2H3,(H2,18,19). The average molecular weight is 289 g/mol. The summed E-state index contributed by atoms with van der Waals surface area (Å²) >= 11 is 0. The quantitative estimate of drug-likeness (QED) is 0.378. The zero-order chi connectivity index (χ0) is 15.2. The third-order valence-electron chi connectivity index (χ3n) is 4.67. The zero-order valence-electron chi connectivity index (χ0n) is 13.1. The first kappa shape index (κ1) is 15.8. The molecule has 1 aliphatic heterocycles. The van der Waals surface area contributed by atoms with E-state index in [0.717, 1.165) is 24.9 Å². The molecule has 1 fully saturated rings. The molecule has 21 heavy (non-hydrogen) atoms. The van der Waals surface area contributed by atoms with Gasteiger partial charge in [-0.2, -0.15) is 0 Å². The minimum atomic E-state index is 0.204. The number of likely N-dealkylation sites (tertiary alicyclic amines) is 1. The van der Waals surface area contributed by atoms with Gasteiger partial charge in [0.2, 0.25) is 0 Å². The minimum Gasteiger partial charge on any atom is -0.409 e. The summed E-state index contributed by atoms with van der Waals surface area (Å²) in [5.41, 5.74) is 7.01. The van der Waals surface area contributed by atoms with Crippen molar-refractivity contribution in [1.82, 2.24) is 4.90 Å². The fourth-order valence-electron chi connectivity index (χ4n) is 3.27. The number of hydrogen-bond donors (Lipinski definition) is 2. The molecule has 0 aliphatic carbocycles. The molecule has 1 saturated heterocycles. The van der Waals surface area contributed by atoms with Crippen LogP contribution < -0.4 is 5.73 Å². The number of nitrogens with two attached hydrogens (primary N) is 1. The first-order valence-corrected chi connectivity index (χ1v) is 7.87. The van der Waals surface area contributed by atoms with Crippen LogP contribution in [0.25, 0.3) is 0 Å². The van der Waals surface area contributed by atoms with Crippen LogP contribution in [0.5, 0.6) is 0 Å². The highest BCUT2D eigenvalue weighted by atomic mass is 16.4. The van der Waals surface area contributed by atoms with Crippen molar-refractivity contribution in [2.75, 3.05) is 13.1 Å². The van der Waals surface area contributed by atoms with Gasteiger partial charge in [-0.05, 0) is 43.3 Å². The van der Waals surface area contributed by atoms with Crippen molar-refractivity contribution < 1.29 is 5.21 Å². The monoisotopic (exact) mass is 289 g/mol. The molecule has 3 N–H and O–H groups in total. The van der Waals surface area contributed by atoms with E-state index in [-0.39, 0.29) is 6.04 Å². The van der Waals surface area contributed by atoms with Crippen LogP contribution in [0.4, 0.5) is 0 Å². The van der Waals surface area contributed by atoms with Gasteiger partial charge in [-0.3, -0.25) is 4.90 Å². The molecule has 1 aliphatic rings. The topological polar surface area (TPSA) is 61.8 Å². The van der Waals surface area contributed by atoms with Crippen LogP contribution in [0.3, 0.4) is 0 Å². The maximum absolute atomic E-state index is 8.89. The number of rotatable bonds is 5. The van der Waals surface area contributed by atoms with Crippen molar-refractivity contribution in [2.24, 2.45) is 22.7 Å². The van der Waals surface area contributed by atoms with Gasteiger partial charge in [0.25, 0.3) is 0 Å². The lowest BCUT2D eigenvalue weighted by Crippen LogP contribution is -2.39. The Bertz CT molecular complexity index is 450. The Balaban J connectivity index is 2.10. The molecular formula is C17H27N3O. The van der Waals surface area contributed by atoms with Crippen LogP contribution in [-0.4, -0.2) is 29.0 Å². The normalized spacial score (nSPS) is 19.9. The van der Waals surface area contributed by atoms with E-state index in [4.69, 9.17) is 10.9 Å². The summed E-state index contributed by atoms with van der Waals surface area (Å²) < 4.78 is 0. The summed E-state index contributed by atoms with van der Waals surface area (Å²) in [6.07, 6.45) is 3.04. The molecule has 0 saturated carbocycles. The molecular weight excluding hydrogens is 262 g/mol. The van der Waals surface area contributed by atoms with Gasteiger partial charge in [0.15, 0.2) is 0 Å². The molecule has 0 amide bonds. The zero-order valence-corrected chi connectivity index (χ0v) is 13.1. The number of oxime groups is 1. The maximum atomic E-state index is 8.89. The van der Waals surface area contributed by atoms with Gasteiger partial charge < -0.3 is 10.9 Å². The second-order valence-electron chi connectivity index (χ2n) is 6.34. The van der Waals surface area contributed by atoms with Gasteiger partial charge in [-0.1, -0.05) is 49.3 Å². The number of amidine groups is 1. The summed E-state index contributed by atoms with van der Waals surface area (Å²) in [4.78, 5) is 2.48. The number of benzene rings is 1. The predicted octanol–water partition coefficient (Wildman–Crippen LogP) is 3.23. The van der Waals surface area contributed by atoms with Gasteiger partial charge >= 0.3 is 0 Å². The Kier molecular flexibility index (Phi) is 5.62. The number of nitrogens with zero attached hydrogens (tertiary/aromatic N) is 2. The fraction of sp³-hybridized carbons (Fsp3) is 0.588. The smallest absolute Gasteiger partial charge is 0.141 e. The molecule has 0 spiro atoms. The molecule has 0 bridgehead atoms. The molecule has 1 heterocycles. The largest absolute Gasteiger partial charge is 0.409 e. The molecule has 0 aromatic heterocycles. The molecule has 1 unspecified atom stereocenters. The number of hydrogen-bond acceptors (Lipinski definition) is 3. The third-order valence-corrected chi connectivity index (χ3v) is 4.67. The summed E-state index contributed by atoms with van der Waals surface area (Å²) in [6, 6.07) is 10.6. The lowest BCUT2D eigenvalue weighted by atomic mass is 9.85. The van der Waals surface area contributed by atoms with Gasteiger partial charge in [0.1, 0.15) is 5.84 Å². The molecule has 4 nitrogen and oxygen atoms in total. The van der Waals surface area contributed by atoms with E-state index in [1.807, 2.05) is 6.07 Å². The van der Waals surface area contributed by atoms with E-state index < -0.39 is 0 Å². The lowest BCUT2D eigenvalue weighted by Gasteiger charge is -2.39. The second kappa shape index (κ2) is 7.46. The summed E-state index contributed by atoms with van der Waals surface area (Å²) in [5, 5.41) is 12.0. The van der Waals surface area contributed by atoms with Crippen LogP contribution in [0, 0.1) is 11.8 Å². The van der Waals surface area contributed by atoms with Crippen molar-refractivity contribution in [1.29, 1.82) is 0 Å². The van der Waals surface area contributed by atoms with Crippen LogP contribution in [0.1, 0.15) is 44.7 Å². The lowest BCUT2D eigenvalue weighted by molar-refractivity contribution is 0.116. The Labute approximate surface area is 127 Å². The summed E-state index contributed by atoms with van der Waals surface area (Å²) in [7, 11) is 0. The minimum absolute atomic E-state index is 0.204. The van der Waals surface area contributed by atoms with Gasteiger partial charge in [0, 0.05) is 12.5 Å². The third kappa shape index (κ3) is 4.21. The summed E-state index contributed by atoms with van der Waals surface area (Å²) in [6.45, 7) is 6.79. The van der Waals surface area contributed by atoms with Crippen LogP contribution in [-0.2, 0) is 0 Å². The van der Waals surface area contributed by atoms with Crippen molar-refractivity contribution in [2.45, 2.75) is 39.2 Å². The molecule has 116 valence electrons. The number of piperidine rings is 1. The van der Waals surface area contributed by atoms with Gasteiger partial charge in [0.05, 0.1) is 0 Å². The Morgan fingerprint density at radius 3 is 2.43 bits per heavy atom. The van der Waals surface area contributed by atoms with Crippen LogP contribution in [0.15, 0.2) is 35.5 Å². The average Bonchev–Trinajstić information content (AvgIpc) is 2.53. The van der Waals surface area contributed by atoms with Crippen LogP contribution in [0.2, 0.25) is 0 Å². The second-order valence-corrected chi connectivity index (χ2v) is 6.34. The highest BCUT2D eigenvalue weighted by molar-refractivity contribution is 5.80. The molecule has 1 aromatic rings. The van der Waals surface area contributed by atoms with E-state index in [9.17, 15) is 0 Å². The highest BCUT2D eigenvalue weighted by Crippen LogP contribution is 2.31. The SMILES string of the molecule is CC(C)C1CCN(C(C/C(N)=N/O)c2ccccc2)CC1. The van der Waals surface area contributed by atoms with Crippen molar-refractivity contribution >= 4 is 5.84 Å². The molecule has 1 aromatic carbocycles. The Hall–Kier alpha value is -1.55. The van der Waals surface area contributed by atoms with Gasteiger partial charge in [-0.25, -0.2) is 0 Å². The summed E-state index contributed by atoms with van der Waals surface area (Å²) in [5.74, 6) is 1.88.